The van der Waals surface area contributed by atoms with E-state index in [1.54, 1.807) is 12.1 Å². The van der Waals surface area contributed by atoms with Crippen LogP contribution in [0.25, 0.3) is 10.8 Å². The summed E-state index contributed by atoms with van der Waals surface area (Å²) in [4.78, 5) is 38.5. The topological polar surface area (TPSA) is 66.5 Å². The molecule has 1 aliphatic carbocycles. The summed E-state index contributed by atoms with van der Waals surface area (Å²) in [5.41, 5.74) is 1.26. The number of carbonyl (C=O) groups is 3. The van der Waals surface area contributed by atoms with Crippen molar-refractivity contribution in [1.29, 1.82) is 0 Å². The molecule has 0 saturated carbocycles. The van der Waals surface area contributed by atoms with Crippen molar-refractivity contribution in [3.05, 3.63) is 48.6 Å². The lowest BCUT2D eigenvalue weighted by Crippen LogP contribution is -2.31. The third-order valence-corrected chi connectivity index (χ3v) is 4.96. The van der Waals surface area contributed by atoms with Gasteiger partial charge in [-0.2, -0.15) is 0 Å². The van der Waals surface area contributed by atoms with E-state index in [1.165, 1.54) is 11.8 Å². The van der Waals surface area contributed by atoms with Crippen molar-refractivity contribution in [2.45, 2.75) is 19.8 Å². The van der Waals surface area contributed by atoms with Gasteiger partial charge in [0, 0.05) is 23.4 Å². The summed E-state index contributed by atoms with van der Waals surface area (Å²) in [5, 5.41) is 4.39. The first-order valence-corrected chi connectivity index (χ1v) is 8.40. The molecule has 1 saturated heterocycles. The fourth-order valence-corrected chi connectivity index (χ4v) is 3.81. The normalized spacial score (nSPS) is 22.4. The Morgan fingerprint density at radius 3 is 2.16 bits per heavy atom. The maximum Gasteiger partial charge on any atom is 0.238 e. The lowest BCUT2D eigenvalue weighted by atomic mass is 9.85. The van der Waals surface area contributed by atoms with Gasteiger partial charge in [0.2, 0.25) is 17.7 Å². The maximum absolute atomic E-state index is 12.9. The molecule has 2 aromatic rings. The Morgan fingerprint density at radius 2 is 1.56 bits per heavy atom. The van der Waals surface area contributed by atoms with Crippen molar-refractivity contribution in [1.82, 2.24) is 0 Å². The fourth-order valence-electron chi connectivity index (χ4n) is 3.81. The molecular weight excluding hydrogens is 316 g/mol. The number of nitrogens with one attached hydrogen (secondary N) is 1. The number of benzene rings is 2. The van der Waals surface area contributed by atoms with Crippen molar-refractivity contribution in [2.75, 3.05) is 10.2 Å². The summed E-state index contributed by atoms with van der Waals surface area (Å²) in [6.45, 7) is 1.45. The average molecular weight is 334 g/mol. The first-order valence-electron chi connectivity index (χ1n) is 8.40. The van der Waals surface area contributed by atoms with Crippen LogP contribution in [0.5, 0.6) is 0 Å². The molecular formula is C20H18N2O3. The van der Waals surface area contributed by atoms with E-state index in [-0.39, 0.29) is 29.6 Å². The Morgan fingerprint density at radius 1 is 0.960 bits per heavy atom. The zero-order valence-electron chi connectivity index (χ0n) is 13.9. The summed E-state index contributed by atoms with van der Waals surface area (Å²) in [7, 11) is 0. The Balaban J connectivity index is 1.84. The van der Waals surface area contributed by atoms with E-state index >= 15 is 0 Å². The molecule has 2 unspecified atom stereocenters. The van der Waals surface area contributed by atoms with E-state index in [2.05, 4.69) is 5.32 Å². The molecule has 2 aliphatic rings. The second-order valence-electron chi connectivity index (χ2n) is 6.53. The number of allylic oxidation sites excluding steroid dienone is 2. The van der Waals surface area contributed by atoms with Crippen LogP contribution in [0.3, 0.4) is 0 Å². The number of hydrogen-bond acceptors (Lipinski definition) is 3. The van der Waals surface area contributed by atoms with Crippen LogP contribution in [0, 0.1) is 11.8 Å². The molecule has 126 valence electrons. The summed E-state index contributed by atoms with van der Waals surface area (Å²) in [6.07, 6.45) is 5.20. The average Bonchev–Trinajstić information content (AvgIpc) is 2.87. The standard InChI is InChI=1S/C20H18N2O3/c1-12(23)21-17-10-11-18(14-7-3-2-6-13(14)17)22-19(24)15-8-4-5-9-16(15)20(22)25/h2-7,10-11,15-16H,8-9H2,1H3,(H,21,23). The second-order valence-corrected chi connectivity index (χ2v) is 6.53. The lowest BCUT2D eigenvalue weighted by Gasteiger charge is -2.19. The van der Waals surface area contributed by atoms with Gasteiger partial charge < -0.3 is 5.32 Å². The van der Waals surface area contributed by atoms with Crippen LogP contribution in [-0.2, 0) is 14.4 Å². The third kappa shape index (κ3) is 2.43. The predicted octanol–water partition coefficient (Wildman–Crippen LogP) is 3.25. The highest BCUT2D eigenvalue weighted by Gasteiger charge is 2.48. The summed E-state index contributed by atoms with van der Waals surface area (Å²) in [5.74, 6) is -0.936. The highest BCUT2D eigenvalue weighted by atomic mass is 16.2. The predicted molar refractivity (Wildman–Crippen MR) is 96.1 cm³/mol. The third-order valence-electron chi connectivity index (χ3n) is 4.96. The highest BCUT2D eigenvalue weighted by molar-refractivity contribution is 6.25. The number of amides is 3. The summed E-state index contributed by atoms with van der Waals surface area (Å²) in [6, 6.07) is 11.0. The molecule has 0 spiro atoms. The summed E-state index contributed by atoms with van der Waals surface area (Å²) >= 11 is 0. The molecule has 1 N–H and O–H groups in total. The first kappa shape index (κ1) is 15.6. The number of imide groups is 1. The van der Waals surface area contributed by atoms with Gasteiger partial charge in [-0.25, -0.2) is 4.90 Å². The number of fused-ring (bicyclic) bond motifs is 2. The maximum atomic E-state index is 12.9. The molecule has 2 aromatic carbocycles. The molecule has 1 heterocycles. The van der Waals surface area contributed by atoms with Crippen molar-refractivity contribution in [2.24, 2.45) is 11.8 Å². The van der Waals surface area contributed by atoms with Gasteiger partial charge in [0.05, 0.1) is 17.5 Å². The van der Waals surface area contributed by atoms with Crippen molar-refractivity contribution >= 4 is 39.9 Å². The minimum Gasteiger partial charge on any atom is -0.326 e. The molecule has 5 nitrogen and oxygen atoms in total. The van der Waals surface area contributed by atoms with Crippen LogP contribution in [0.4, 0.5) is 11.4 Å². The smallest absolute Gasteiger partial charge is 0.238 e. The first-order chi connectivity index (χ1) is 12.1. The Labute approximate surface area is 145 Å². The van der Waals surface area contributed by atoms with E-state index in [1.807, 2.05) is 36.4 Å². The second kappa shape index (κ2) is 5.84. The van der Waals surface area contributed by atoms with Crippen LogP contribution in [-0.4, -0.2) is 17.7 Å². The number of carbonyl (C=O) groups excluding carboxylic acids is 3. The van der Waals surface area contributed by atoms with E-state index in [4.69, 9.17) is 0 Å². The van der Waals surface area contributed by atoms with Crippen LogP contribution >= 0.6 is 0 Å². The molecule has 0 radical (unpaired) electrons. The number of anilines is 2. The molecule has 3 amide bonds. The molecule has 0 aromatic heterocycles. The number of hydrogen-bond donors (Lipinski definition) is 1. The molecule has 0 bridgehead atoms. The largest absolute Gasteiger partial charge is 0.326 e. The SMILES string of the molecule is CC(=O)Nc1ccc(N2C(=O)C3CC=CCC3C2=O)c2ccccc12. The number of rotatable bonds is 2. The van der Waals surface area contributed by atoms with Crippen molar-refractivity contribution in [3.63, 3.8) is 0 Å². The Bertz CT molecular complexity index is 906. The molecule has 25 heavy (non-hydrogen) atoms. The minimum atomic E-state index is -0.258. The molecule has 1 aliphatic heterocycles. The minimum absolute atomic E-state index is 0.128. The van der Waals surface area contributed by atoms with E-state index in [9.17, 15) is 14.4 Å². The van der Waals surface area contributed by atoms with Gasteiger partial charge in [-0.15, -0.1) is 0 Å². The van der Waals surface area contributed by atoms with E-state index in [0.29, 0.717) is 24.2 Å². The van der Waals surface area contributed by atoms with Gasteiger partial charge in [0.1, 0.15) is 0 Å². The fraction of sp³-hybridized carbons (Fsp3) is 0.250. The van der Waals surface area contributed by atoms with Gasteiger partial charge in [-0.3, -0.25) is 14.4 Å². The van der Waals surface area contributed by atoms with Gasteiger partial charge in [0.25, 0.3) is 0 Å². The Kier molecular flexibility index (Phi) is 3.64. The molecule has 1 fully saturated rings. The molecule has 4 rings (SSSR count). The zero-order valence-corrected chi connectivity index (χ0v) is 13.9. The zero-order chi connectivity index (χ0) is 17.6. The van der Waals surface area contributed by atoms with Gasteiger partial charge in [-0.05, 0) is 25.0 Å². The number of nitrogens with zero attached hydrogens (tertiary/aromatic N) is 1. The quantitative estimate of drug-likeness (QED) is 0.677. The van der Waals surface area contributed by atoms with Gasteiger partial charge >= 0.3 is 0 Å². The highest BCUT2D eigenvalue weighted by Crippen LogP contribution is 2.41. The monoisotopic (exact) mass is 334 g/mol. The van der Waals surface area contributed by atoms with Crippen LogP contribution in [0.2, 0.25) is 0 Å². The van der Waals surface area contributed by atoms with E-state index < -0.39 is 0 Å². The molecule has 5 heteroatoms. The van der Waals surface area contributed by atoms with Crippen molar-refractivity contribution in [3.8, 4) is 0 Å². The van der Waals surface area contributed by atoms with E-state index in [0.717, 1.165) is 10.8 Å². The summed E-state index contributed by atoms with van der Waals surface area (Å²) < 4.78 is 0. The Hall–Kier alpha value is -2.95. The molecule has 2 atom stereocenters. The lowest BCUT2D eigenvalue weighted by molar-refractivity contribution is -0.122. The van der Waals surface area contributed by atoms with Crippen LogP contribution in [0.15, 0.2) is 48.6 Å². The van der Waals surface area contributed by atoms with Gasteiger partial charge in [0.15, 0.2) is 0 Å². The van der Waals surface area contributed by atoms with Crippen LogP contribution in [0.1, 0.15) is 19.8 Å². The van der Waals surface area contributed by atoms with Crippen molar-refractivity contribution < 1.29 is 14.4 Å². The van der Waals surface area contributed by atoms with Gasteiger partial charge in [-0.1, -0.05) is 36.4 Å². The van der Waals surface area contributed by atoms with Crippen LogP contribution < -0.4 is 10.2 Å².